The first-order chi connectivity index (χ1) is 14.4. The molecule has 3 aliphatic heterocycles. The van der Waals surface area contributed by atoms with Crippen LogP contribution in [-0.2, 0) is 14.3 Å². The highest BCUT2D eigenvalue weighted by Gasteiger charge is 2.63. The van der Waals surface area contributed by atoms with E-state index in [2.05, 4.69) is 33.9 Å². The number of aryl methyl sites for hydroxylation is 1. The minimum Gasteiger partial charge on any atom is -0.483 e. The van der Waals surface area contributed by atoms with Gasteiger partial charge in [-0.2, -0.15) is 0 Å². The highest BCUT2D eigenvalue weighted by atomic mass is 16.5. The summed E-state index contributed by atoms with van der Waals surface area (Å²) in [6.45, 7) is 4.59. The summed E-state index contributed by atoms with van der Waals surface area (Å²) in [5, 5.41) is 13.8. The number of anilines is 1. The highest BCUT2D eigenvalue weighted by Crippen LogP contribution is 2.55. The summed E-state index contributed by atoms with van der Waals surface area (Å²) in [6, 6.07) is 2.03. The van der Waals surface area contributed by atoms with Gasteiger partial charge in [-0.25, -0.2) is 9.97 Å². The number of aromatic amines is 1. The van der Waals surface area contributed by atoms with E-state index in [1.807, 2.05) is 19.2 Å². The first-order valence-corrected chi connectivity index (χ1v) is 9.94. The molecule has 0 radical (unpaired) electrons. The number of ether oxygens (including phenoxy) is 1. The van der Waals surface area contributed by atoms with E-state index >= 15 is 0 Å². The van der Waals surface area contributed by atoms with E-state index in [9.17, 15) is 0 Å². The number of carboxylic acid groups (broad SMARTS) is 2. The largest absolute Gasteiger partial charge is 0.483 e. The second kappa shape index (κ2) is 8.97. The van der Waals surface area contributed by atoms with E-state index in [-0.39, 0.29) is 18.5 Å². The minimum absolute atomic E-state index is 0.0448. The molecular weight excluding hydrogens is 390 g/mol. The van der Waals surface area contributed by atoms with E-state index in [0.29, 0.717) is 17.9 Å². The topological polar surface area (TPSA) is 132 Å². The summed E-state index contributed by atoms with van der Waals surface area (Å²) >= 11 is 0. The van der Waals surface area contributed by atoms with Gasteiger partial charge in [0.2, 0.25) is 0 Å². The van der Waals surface area contributed by atoms with Gasteiger partial charge in [0.25, 0.3) is 12.9 Å². The predicted octanol–water partition coefficient (Wildman–Crippen LogP) is 1.21. The summed E-state index contributed by atoms with van der Waals surface area (Å²) in [6.07, 6.45) is 4.82. The Hall–Kier alpha value is -2.72. The molecule has 0 aromatic carbocycles. The molecule has 10 nitrogen and oxygen atoms in total. The van der Waals surface area contributed by atoms with Gasteiger partial charge >= 0.3 is 0 Å². The maximum atomic E-state index is 8.36. The second-order valence-electron chi connectivity index (χ2n) is 8.22. The molecule has 10 heteroatoms. The average molecular weight is 419 g/mol. The zero-order chi connectivity index (χ0) is 21.9. The Morgan fingerprint density at radius 1 is 1.33 bits per heavy atom. The lowest BCUT2D eigenvalue weighted by Gasteiger charge is -2.30. The van der Waals surface area contributed by atoms with Crippen molar-refractivity contribution >= 4 is 29.8 Å². The van der Waals surface area contributed by atoms with E-state index in [1.54, 1.807) is 0 Å². The molecule has 1 spiro atoms. The fourth-order valence-electron chi connectivity index (χ4n) is 5.29. The summed E-state index contributed by atoms with van der Waals surface area (Å²) in [5.41, 5.74) is 2.10. The van der Waals surface area contributed by atoms with Crippen molar-refractivity contribution in [2.45, 2.75) is 31.5 Å². The maximum Gasteiger partial charge on any atom is 0.290 e. The molecule has 0 amide bonds. The molecule has 0 saturated carbocycles. The van der Waals surface area contributed by atoms with Gasteiger partial charge in [0.15, 0.2) is 5.82 Å². The van der Waals surface area contributed by atoms with Crippen LogP contribution in [0.2, 0.25) is 0 Å². The zero-order valence-electron chi connectivity index (χ0n) is 17.5. The molecule has 2 bridgehead atoms. The quantitative estimate of drug-likeness (QED) is 0.628. The molecule has 164 valence electrons. The van der Waals surface area contributed by atoms with Gasteiger partial charge < -0.3 is 29.7 Å². The minimum atomic E-state index is -0.250. The summed E-state index contributed by atoms with van der Waals surface area (Å²) in [5.74, 6) is 3.13. The van der Waals surface area contributed by atoms with Crippen LogP contribution in [0.5, 0.6) is 0 Å². The summed E-state index contributed by atoms with van der Waals surface area (Å²) in [7, 11) is 4.34. The SMILES string of the molecule is Cc1nc(N2C[C@H]3[C@@H](CN(C)C)[C@@H]4CC[C@@]3(C2)O4)c2[nH]ccc2n1.O=CO.O=CO. The van der Waals surface area contributed by atoms with Crippen LogP contribution in [0.15, 0.2) is 12.3 Å². The first-order valence-electron chi connectivity index (χ1n) is 9.94. The third-order valence-electron chi connectivity index (χ3n) is 6.16. The van der Waals surface area contributed by atoms with Gasteiger partial charge in [0, 0.05) is 37.7 Å². The van der Waals surface area contributed by atoms with Crippen LogP contribution in [0.3, 0.4) is 0 Å². The van der Waals surface area contributed by atoms with Crippen molar-refractivity contribution < 1.29 is 24.5 Å². The number of hydrogen-bond acceptors (Lipinski definition) is 7. The molecule has 4 atom stereocenters. The number of fused-ring (bicyclic) bond motifs is 2. The summed E-state index contributed by atoms with van der Waals surface area (Å²) in [4.78, 5) is 34.1. The van der Waals surface area contributed by atoms with E-state index in [1.165, 1.54) is 12.8 Å². The molecule has 5 rings (SSSR count). The number of rotatable bonds is 3. The normalized spacial score (nSPS) is 28.5. The van der Waals surface area contributed by atoms with Crippen molar-refractivity contribution in [3.05, 3.63) is 18.1 Å². The standard InChI is InChI=1S/C18H25N5O.2CH2O2/c1-11-20-14-5-7-19-16(14)17(21-11)23-9-13-12(8-22(2)3)15-4-6-18(13,10-23)24-15;2*2-1-3/h5,7,12-13,15,19H,4,6,8-10H2,1-3H3;2*1H,(H,2,3)/t12-,13+,15+,18+;;/m1../s1. The molecule has 3 saturated heterocycles. The number of H-pyrrole nitrogens is 1. The molecule has 3 aliphatic rings. The maximum absolute atomic E-state index is 8.36. The van der Waals surface area contributed by atoms with Gasteiger partial charge in [0.1, 0.15) is 11.3 Å². The van der Waals surface area contributed by atoms with Crippen molar-refractivity contribution in [1.29, 1.82) is 0 Å². The number of hydrogen-bond donors (Lipinski definition) is 3. The van der Waals surface area contributed by atoms with Crippen molar-refractivity contribution in [1.82, 2.24) is 19.9 Å². The predicted molar refractivity (Wildman–Crippen MR) is 111 cm³/mol. The zero-order valence-corrected chi connectivity index (χ0v) is 17.5. The molecule has 5 heterocycles. The van der Waals surface area contributed by atoms with E-state index in [0.717, 1.165) is 42.3 Å². The van der Waals surface area contributed by atoms with Crippen molar-refractivity contribution in [2.24, 2.45) is 11.8 Å². The lowest BCUT2D eigenvalue weighted by molar-refractivity contribution is -0.123. The molecule has 3 fully saturated rings. The van der Waals surface area contributed by atoms with Crippen molar-refractivity contribution in [3.63, 3.8) is 0 Å². The second-order valence-corrected chi connectivity index (χ2v) is 8.22. The smallest absolute Gasteiger partial charge is 0.290 e. The Morgan fingerprint density at radius 3 is 2.70 bits per heavy atom. The van der Waals surface area contributed by atoms with Gasteiger partial charge in [-0.3, -0.25) is 9.59 Å². The lowest BCUT2D eigenvalue weighted by Crippen LogP contribution is -2.40. The van der Waals surface area contributed by atoms with Gasteiger partial charge in [-0.1, -0.05) is 0 Å². The van der Waals surface area contributed by atoms with Crippen LogP contribution in [0.25, 0.3) is 11.0 Å². The third kappa shape index (κ3) is 3.97. The third-order valence-corrected chi connectivity index (χ3v) is 6.16. The van der Waals surface area contributed by atoms with Crippen LogP contribution >= 0.6 is 0 Å². The fourth-order valence-corrected chi connectivity index (χ4v) is 5.29. The lowest BCUT2D eigenvalue weighted by atomic mass is 9.73. The first kappa shape index (κ1) is 22.0. The Balaban J connectivity index is 0.000000385. The van der Waals surface area contributed by atoms with Gasteiger partial charge in [0.05, 0.1) is 17.2 Å². The highest BCUT2D eigenvalue weighted by molar-refractivity contribution is 5.86. The molecule has 3 N–H and O–H groups in total. The molecule has 0 unspecified atom stereocenters. The van der Waals surface area contributed by atoms with Crippen molar-refractivity contribution in [2.75, 3.05) is 38.6 Å². The molecule has 30 heavy (non-hydrogen) atoms. The Morgan fingerprint density at radius 2 is 2.03 bits per heavy atom. The van der Waals surface area contributed by atoms with Gasteiger partial charge in [-0.05, 0) is 39.9 Å². The van der Waals surface area contributed by atoms with Crippen LogP contribution in [0.1, 0.15) is 18.7 Å². The molecule has 2 aromatic heterocycles. The van der Waals surface area contributed by atoms with E-state index in [4.69, 9.17) is 29.5 Å². The molecular formula is C20H29N5O5. The Labute approximate surface area is 174 Å². The van der Waals surface area contributed by atoms with Crippen LogP contribution in [0, 0.1) is 18.8 Å². The Bertz CT molecular complexity index is 882. The van der Waals surface area contributed by atoms with E-state index < -0.39 is 0 Å². The van der Waals surface area contributed by atoms with Crippen molar-refractivity contribution in [3.8, 4) is 0 Å². The van der Waals surface area contributed by atoms with Crippen LogP contribution in [-0.4, -0.2) is 88.4 Å². The Kier molecular flexibility index (Phi) is 6.57. The number of nitrogens with zero attached hydrogens (tertiary/aromatic N) is 4. The summed E-state index contributed by atoms with van der Waals surface area (Å²) < 4.78 is 6.55. The molecule has 0 aliphatic carbocycles. The fraction of sp³-hybridized carbons (Fsp3) is 0.600. The number of carbonyl (C=O) groups is 2. The number of nitrogens with one attached hydrogen (secondary N) is 1. The molecule has 2 aromatic rings. The van der Waals surface area contributed by atoms with Gasteiger partial charge in [-0.15, -0.1) is 0 Å². The average Bonchev–Trinajstić information content (AvgIpc) is 3.42. The van der Waals surface area contributed by atoms with Crippen LogP contribution in [0.4, 0.5) is 5.82 Å². The van der Waals surface area contributed by atoms with Crippen LogP contribution < -0.4 is 4.90 Å². The number of aromatic nitrogens is 3. The monoisotopic (exact) mass is 419 g/mol.